The van der Waals surface area contributed by atoms with Crippen molar-refractivity contribution in [2.45, 2.75) is 63.1 Å². The molecule has 3 rings (SSSR count). The van der Waals surface area contributed by atoms with Gasteiger partial charge >= 0.3 is 0 Å². The Labute approximate surface area is 115 Å². The van der Waals surface area contributed by atoms with E-state index in [1.54, 1.807) is 0 Å². The standard InChI is InChI=1S/C16H24N2O/c17-12-4-6-13(7-5-12)18-16-3-1-2-11-10-14(19)8-9-15(11)16/h8-10,12-13,16,18-19H,1-7,17H2. The fourth-order valence-corrected chi connectivity index (χ4v) is 3.54. The first-order valence-electron chi connectivity index (χ1n) is 7.56. The van der Waals surface area contributed by atoms with Gasteiger partial charge in [-0.3, -0.25) is 0 Å². The molecule has 0 heterocycles. The lowest BCUT2D eigenvalue weighted by molar-refractivity contribution is 0.302. The predicted molar refractivity (Wildman–Crippen MR) is 77.2 cm³/mol. The number of hydrogen-bond acceptors (Lipinski definition) is 3. The molecule has 1 atom stereocenters. The van der Waals surface area contributed by atoms with E-state index in [0.717, 1.165) is 19.3 Å². The summed E-state index contributed by atoms with van der Waals surface area (Å²) >= 11 is 0. The highest BCUT2D eigenvalue weighted by molar-refractivity contribution is 5.38. The first-order chi connectivity index (χ1) is 9.22. The average Bonchev–Trinajstić information content (AvgIpc) is 2.41. The van der Waals surface area contributed by atoms with Crippen molar-refractivity contribution in [2.75, 3.05) is 0 Å². The fourth-order valence-electron chi connectivity index (χ4n) is 3.54. The Morgan fingerprint density at radius 1 is 1.11 bits per heavy atom. The van der Waals surface area contributed by atoms with Gasteiger partial charge < -0.3 is 16.2 Å². The van der Waals surface area contributed by atoms with E-state index in [1.807, 2.05) is 12.1 Å². The summed E-state index contributed by atoms with van der Waals surface area (Å²) in [4.78, 5) is 0. The molecule has 0 spiro atoms. The zero-order valence-electron chi connectivity index (χ0n) is 11.4. The van der Waals surface area contributed by atoms with Crippen molar-refractivity contribution in [3.63, 3.8) is 0 Å². The summed E-state index contributed by atoms with van der Waals surface area (Å²) < 4.78 is 0. The molecule has 0 aromatic heterocycles. The third-order valence-corrected chi connectivity index (χ3v) is 4.65. The molecular weight excluding hydrogens is 236 g/mol. The molecule has 0 aliphatic heterocycles. The minimum absolute atomic E-state index is 0.392. The number of nitrogens with one attached hydrogen (secondary N) is 1. The molecular formula is C16H24N2O. The van der Waals surface area contributed by atoms with Crippen LogP contribution in [-0.2, 0) is 6.42 Å². The van der Waals surface area contributed by atoms with Gasteiger partial charge in [-0.15, -0.1) is 0 Å². The number of benzene rings is 1. The van der Waals surface area contributed by atoms with E-state index in [1.165, 1.54) is 36.8 Å². The summed E-state index contributed by atoms with van der Waals surface area (Å²) in [6.07, 6.45) is 8.20. The summed E-state index contributed by atoms with van der Waals surface area (Å²) in [7, 11) is 0. The van der Waals surface area contributed by atoms with Crippen LogP contribution < -0.4 is 11.1 Å². The van der Waals surface area contributed by atoms with Gasteiger partial charge in [0.1, 0.15) is 5.75 Å². The molecule has 0 bridgehead atoms. The highest BCUT2D eigenvalue weighted by atomic mass is 16.3. The highest BCUT2D eigenvalue weighted by Gasteiger charge is 2.25. The molecule has 2 aliphatic rings. The molecule has 4 N–H and O–H groups in total. The van der Waals surface area contributed by atoms with E-state index < -0.39 is 0 Å². The third kappa shape index (κ3) is 2.93. The van der Waals surface area contributed by atoms with Gasteiger partial charge in [0.2, 0.25) is 0 Å². The maximum atomic E-state index is 9.59. The second kappa shape index (κ2) is 5.51. The van der Waals surface area contributed by atoms with E-state index in [-0.39, 0.29) is 0 Å². The number of aromatic hydroxyl groups is 1. The third-order valence-electron chi connectivity index (χ3n) is 4.65. The van der Waals surface area contributed by atoms with Crippen molar-refractivity contribution in [2.24, 2.45) is 5.73 Å². The molecule has 0 saturated heterocycles. The Morgan fingerprint density at radius 2 is 1.89 bits per heavy atom. The van der Waals surface area contributed by atoms with Gasteiger partial charge in [-0.1, -0.05) is 6.07 Å². The van der Waals surface area contributed by atoms with Crippen molar-refractivity contribution >= 4 is 0 Å². The van der Waals surface area contributed by atoms with Crippen LogP contribution in [0.3, 0.4) is 0 Å². The smallest absolute Gasteiger partial charge is 0.115 e. The Hall–Kier alpha value is -1.06. The molecule has 19 heavy (non-hydrogen) atoms. The number of hydrogen-bond donors (Lipinski definition) is 3. The molecule has 1 aromatic rings. The number of aryl methyl sites for hydroxylation is 1. The summed E-state index contributed by atoms with van der Waals surface area (Å²) in [5.41, 5.74) is 8.67. The van der Waals surface area contributed by atoms with Gasteiger partial charge in [-0.25, -0.2) is 0 Å². The number of nitrogens with two attached hydrogens (primary N) is 1. The van der Waals surface area contributed by atoms with Gasteiger partial charge in [-0.05, 0) is 68.2 Å². The quantitative estimate of drug-likeness (QED) is 0.766. The summed E-state index contributed by atoms with van der Waals surface area (Å²) in [6, 6.07) is 7.33. The molecule has 3 heteroatoms. The first kappa shape index (κ1) is 12.9. The van der Waals surface area contributed by atoms with Crippen molar-refractivity contribution in [3.8, 4) is 5.75 Å². The van der Waals surface area contributed by atoms with Gasteiger partial charge in [0.25, 0.3) is 0 Å². The number of fused-ring (bicyclic) bond motifs is 1. The number of phenolic OH excluding ortho intramolecular Hbond substituents is 1. The Kier molecular flexibility index (Phi) is 3.76. The SMILES string of the molecule is NC1CCC(NC2CCCc3cc(O)ccc32)CC1. The van der Waals surface area contributed by atoms with Gasteiger partial charge in [0, 0.05) is 18.1 Å². The average molecular weight is 260 g/mol. The van der Waals surface area contributed by atoms with Crippen molar-refractivity contribution in [1.29, 1.82) is 0 Å². The van der Waals surface area contributed by atoms with Crippen LogP contribution in [0, 0.1) is 0 Å². The Balaban J connectivity index is 1.70. The predicted octanol–water partition coefficient (Wildman–Crippen LogP) is 2.63. The lowest BCUT2D eigenvalue weighted by atomic mass is 9.85. The summed E-state index contributed by atoms with van der Waals surface area (Å²) in [5.74, 6) is 0.392. The van der Waals surface area contributed by atoms with Gasteiger partial charge in [0.15, 0.2) is 0 Å². The topological polar surface area (TPSA) is 58.3 Å². The zero-order valence-corrected chi connectivity index (χ0v) is 11.4. The number of rotatable bonds is 2. The van der Waals surface area contributed by atoms with E-state index in [2.05, 4.69) is 11.4 Å². The Bertz CT molecular complexity index is 438. The fraction of sp³-hybridized carbons (Fsp3) is 0.625. The van der Waals surface area contributed by atoms with Crippen LogP contribution in [0.5, 0.6) is 5.75 Å². The van der Waals surface area contributed by atoms with Crippen LogP contribution in [-0.4, -0.2) is 17.2 Å². The molecule has 1 saturated carbocycles. The van der Waals surface area contributed by atoms with Gasteiger partial charge in [0.05, 0.1) is 0 Å². The van der Waals surface area contributed by atoms with E-state index >= 15 is 0 Å². The van der Waals surface area contributed by atoms with Crippen LogP contribution >= 0.6 is 0 Å². The monoisotopic (exact) mass is 260 g/mol. The molecule has 0 radical (unpaired) electrons. The zero-order chi connectivity index (χ0) is 13.2. The van der Waals surface area contributed by atoms with Crippen LogP contribution in [0.2, 0.25) is 0 Å². The lowest BCUT2D eigenvalue weighted by Crippen LogP contribution is -2.40. The van der Waals surface area contributed by atoms with Crippen molar-refractivity contribution < 1.29 is 5.11 Å². The van der Waals surface area contributed by atoms with E-state index in [4.69, 9.17) is 5.73 Å². The largest absolute Gasteiger partial charge is 0.508 e. The van der Waals surface area contributed by atoms with Crippen molar-refractivity contribution in [1.82, 2.24) is 5.32 Å². The highest BCUT2D eigenvalue weighted by Crippen LogP contribution is 2.33. The minimum Gasteiger partial charge on any atom is -0.508 e. The lowest BCUT2D eigenvalue weighted by Gasteiger charge is -2.33. The molecule has 1 fully saturated rings. The van der Waals surface area contributed by atoms with Crippen molar-refractivity contribution in [3.05, 3.63) is 29.3 Å². The molecule has 1 aromatic carbocycles. The molecule has 0 amide bonds. The Morgan fingerprint density at radius 3 is 2.68 bits per heavy atom. The van der Waals surface area contributed by atoms with E-state index in [0.29, 0.717) is 23.9 Å². The van der Waals surface area contributed by atoms with Crippen LogP contribution in [0.4, 0.5) is 0 Å². The maximum absolute atomic E-state index is 9.59. The van der Waals surface area contributed by atoms with Crippen LogP contribution in [0.15, 0.2) is 18.2 Å². The van der Waals surface area contributed by atoms with E-state index in [9.17, 15) is 5.11 Å². The molecule has 1 unspecified atom stereocenters. The van der Waals surface area contributed by atoms with Gasteiger partial charge in [-0.2, -0.15) is 0 Å². The second-order valence-electron chi connectivity index (χ2n) is 6.11. The minimum atomic E-state index is 0.392. The second-order valence-corrected chi connectivity index (χ2v) is 6.11. The normalized spacial score (nSPS) is 30.9. The van der Waals surface area contributed by atoms with Crippen LogP contribution in [0.25, 0.3) is 0 Å². The number of phenols is 1. The maximum Gasteiger partial charge on any atom is 0.115 e. The molecule has 2 aliphatic carbocycles. The first-order valence-corrected chi connectivity index (χ1v) is 7.56. The van der Waals surface area contributed by atoms with Crippen LogP contribution in [0.1, 0.15) is 55.7 Å². The summed E-state index contributed by atoms with van der Waals surface area (Å²) in [5, 5.41) is 13.4. The molecule has 104 valence electrons. The summed E-state index contributed by atoms with van der Waals surface area (Å²) in [6.45, 7) is 0. The molecule has 3 nitrogen and oxygen atoms in total.